The zero-order valence-electron chi connectivity index (χ0n) is 9.25. The van der Waals surface area contributed by atoms with E-state index in [2.05, 4.69) is 42.0 Å². The fourth-order valence-electron chi connectivity index (χ4n) is 1.83. The van der Waals surface area contributed by atoms with Crippen molar-refractivity contribution >= 4 is 11.0 Å². The molecule has 0 amide bonds. The van der Waals surface area contributed by atoms with Crippen LogP contribution in [-0.4, -0.2) is 16.5 Å². The fourth-order valence-corrected chi connectivity index (χ4v) is 1.83. The molecule has 0 bridgehead atoms. The third-order valence-electron chi connectivity index (χ3n) is 2.60. The van der Waals surface area contributed by atoms with Gasteiger partial charge in [0.05, 0.1) is 11.0 Å². The largest absolute Gasteiger partial charge is 0.342 e. The highest BCUT2D eigenvalue weighted by atomic mass is 14.9. The first-order valence-corrected chi connectivity index (χ1v) is 5.40. The van der Waals surface area contributed by atoms with Crippen molar-refractivity contribution in [1.82, 2.24) is 9.97 Å². The molecule has 0 radical (unpaired) electrons. The van der Waals surface area contributed by atoms with Crippen LogP contribution in [0.1, 0.15) is 31.2 Å². The van der Waals surface area contributed by atoms with Crippen LogP contribution in [0.25, 0.3) is 11.0 Å². The molecule has 0 aliphatic heterocycles. The van der Waals surface area contributed by atoms with E-state index in [0.717, 1.165) is 23.3 Å². The monoisotopic (exact) mass is 203 g/mol. The second-order valence-electron chi connectivity index (χ2n) is 4.12. The molecule has 0 saturated heterocycles. The molecule has 80 valence electrons. The van der Waals surface area contributed by atoms with Crippen LogP contribution in [-0.2, 0) is 6.42 Å². The molecule has 0 aliphatic rings. The number of hydrogen-bond donors (Lipinski definition) is 2. The summed E-state index contributed by atoms with van der Waals surface area (Å²) in [6.07, 6.45) is 0.812. The number of nitrogens with two attached hydrogens (primary N) is 1. The molecule has 1 aromatic carbocycles. The molecule has 3 nitrogen and oxygen atoms in total. The van der Waals surface area contributed by atoms with E-state index in [0.29, 0.717) is 12.5 Å². The zero-order valence-corrected chi connectivity index (χ0v) is 9.25. The highest BCUT2D eigenvalue weighted by molar-refractivity contribution is 5.79. The lowest BCUT2D eigenvalue weighted by atomic mass is 10.0. The SMILES string of the molecule is CC(C)c1cccc2[nH]c(CCN)nc12. The average Bonchev–Trinajstić information content (AvgIpc) is 2.59. The minimum Gasteiger partial charge on any atom is -0.342 e. The first kappa shape index (κ1) is 10.2. The van der Waals surface area contributed by atoms with Gasteiger partial charge in [0, 0.05) is 6.42 Å². The van der Waals surface area contributed by atoms with Gasteiger partial charge in [-0.25, -0.2) is 4.98 Å². The smallest absolute Gasteiger partial charge is 0.108 e. The Hall–Kier alpha value is -1.35. The van der Waals surface area contributed by atoms with Gasteiger partial charge in [-0.15, -0.1) is 0 Å². The summed E-state index contributed by atoms with van der Waals surface area (Å²) in [6, 6.07) is 6.27. The summed E-state index contributed by atoms with van der Waals surface area (Å²) in [7, 11) is 0. The van der Waals surface area contributed by atoms with Crippen LogP contribution in [0.15, 0.2) is 18.2 Å². The quantitative estimate of drug-likeness (QED) is 0.803. The Morgan fingerprint density at radius 3 is 2.87 bits per heavy atom. The maximum Gasteiger partial charge on any atom is 0.108 e. The van der Waals surface area contributed by atoms with Crippen LogP contribution in [0.2, 0.25) is 0 Å². The van der Waals surface area contributed by atoms with E-state index in [1.54, 1.807) is 0 Å². The van der Waals surface area contributed by atoms with E-state index in [1.807, 2.05) is 0 Å². The third-order valence-corrected chi connectivity index (χ3v) is 2.60. The molecule has 2 aromatic rings. The van der Waals surface area contributed by atoms with Gasteiger partial charge in [0.25, 0.3) is 0 Å². The van der Waals surface area contributed by atoms with Gasteiger partial charge in [-0.3, -0.25) is 0 Å². The molecule has 0 atom stereocenters. The molecule has 2 rings (SSSR count). The predicted molar refractivity (Wildman–Crippen MR) is 62.9 cm³/mol. The number of rotatable bonds is 3. The lowest BCUT2D eigenvalue weighted by molar-refractivity contribution is 0.869. The lowest BCUT2D eigenvalue weighted by Gasteiger charge is -2.04. The Balaban J connectivity index is 2.54. The maximum atomic E-state index is 5.52. The standard InChI is InChI=1S/C12H17N3/c1-8(2)9-4-3-5-10-12(9)15-11(14-10)6-7-13/h3-5,8H,6-7,13H2,1-2H3,(H,14,15). The fraction of sp³-hybridized carbons (Fsp3) is 0.417. The molecular formula is C12H17N3. The molecule has 0 unspecified atom stereocenters. The van der Waals surface area contributed by atoms with Crippen molar-refractivity contribution in [1.29, 1.82) is 0 Å². The van der Waals surface area contributed by atoms with Crippen molar-refractivity contribution in [2.75, 3.05) is 6.54 Å². The van der Waals surface area contributed by atoms with Crippen LogP contribution in [0.5, 0.6) is 0 Å². The van der Waals surface area contributed by atoms with Crippen LogP contribution in [0.4, 0.5) is 0 Å². The van der Waals surface area contributed by atoms with Crippen molar-refractivity contribution in [3.8, 4) is 0 Å². The molecule has 3 N–H and O–H groups in total. The summed E-state index contributed by atoms with van der Waals surface area (Å²) >= 11 is 0. The van der Waals surface area contributed by atoms with Gasteiger partial charge in [0.1, 0.15) is 5.82 Å². The first-order valence-electron chi connectivity index (χ1n) is 5.40. The number of para-hydroxylation sites is 1. The summed E-state index contributed by atoms with van der Waals surface area (Å²) in [6.45, 7) is 5.01. The van der Waals surface area contributed by atoms with Gasteiger partial charge in [-0.1, -0.05) is 26.0 Å². The molecule has 0 saturated carbocycles. The van der Waals surface area contributed by atoms with Crippen molar-refractivity contribution < 1.29 is 0 Å². The summed E-state index contributed by atoms with van der Waals surface area (Å²) < 4.78 is 0. The van der Waals surface area contributed by atoms with E-state index in [9.17, 15) is 0 Å². The Kier molecular flexibility index (Phi) is 2.73. The number of imidazole rings is 1. The Labute approximate surface area is 89.7 Å². The van der Waals surface area contributed by atoms with Gasteiger partial charge in [0.15, 0.2) is 0 Å². The molecule has 15 heavy (non-hydrogen) atoms. The van der Waals surface area contributed by atoms with Gasteiger partial charge in [-0.2, -0.15) is 0 Å². The number of fused-ring (bicyclic) bond motifs is 1. The van der Waals surface area contributed by atoms with Gasteiger partial charge >= 0.3 is 0 Å². The van der Waals surface area contributed by atoms with E-state index >= 15 is 0 Å². The van der Waals surface area contributed by atoms with Crippen LogP contribution >= 0.6 is 0 Å². The molecule has 1 aromatic heterocycles. The van der Waals surface area contributed by atoms with E-state index in [-0.39, 0.29) is 0 Å². The number of aromatic nitrogens is 2. The van der Waals surface area contributed by atoms with E-state index in [4.69, 9.17) is 5.73 Å². The minimum absolute atomic E-state index is 0.503. The Bertz CT molecular complexity index is 457. The highest BCUT2D eigenvalue weighted by Crippen LogP contribution is 2.23. The van der Waals surface area contributed by atoms with Gasteiger partial charge in [-0.05, 0) is 24.1 Å². The van der Waals surface area contributed by atoms with E-state index < -0.39 is 0 Å². The summed E-state index contributed by atoms with van der Waals surface area (Å²) in [4.78, 5) is 7.89. The minimum atomic E-state index is 0.503. The first-order chi connectivity index (χ1) is 7.22. The summed E-state index contributed by atoms with van der Waals surface area (Å²) in [5.74, 6) is 1.49. The molecule has 3 heteroatoms. The van der Waals surface area contributed by atoms with Crippen LogP contribution in [0.3, 0.4) is 0 Å². The summed E-state index contributed by atoms with van der Waals surface area (Å²) in [5.41, 5.74) is 9.03. The van der Waals surface area contributed by atoms with Crippen molar-refractivity contribution in [3.05, 3.63) is 29.6 Å². The number of hydrogen-bond acceptors (Lipinski definition) is 2. The maximum absolute atomic E-state index is 5.52. The number of aromatic amines is 1. The lowest BCUT2D eigenvalue weighted by Crippen LogP contribution is -2.03. The average molecular weight is 203 g/mol. The molecular weight excluding hydrogens is 186 g/mol. The van der Waals surface area contributed by atoms with Crippen LogP contribution < -0.4 is 5.73 Å². The predicted octanol–water partition coefficient (Wildman–Crippen LogP) is 2.19. The normalized spacial score (nSPS) is 11.5. The number of nitrogens with zero attached hydrogens (tertiary/aromatic N) is 1. The van der Waals surface area contributed by atoms with Crippen molar-refractivity contribution in [3.63, 3.8) is 0 Å². The van der Waals surface area contributed by atoms with Gasteiger partial charge in [0.2, 0.25) is 0 Å². The number of H-pyrrole nitrogens is 1. The second-order valence-corrected chi connectivity index (χ2v) is 4.12. The van der Waals surface area contributed by atoms with Gasteiger partial charge < -0.3 is 10.7 Å². The molecule has 0 spiro atoms. The summed E-state index contributed by atoms with van der Waals surface area (Å²) in [5, 5.41) is 0. The topological polar surface area (TPSA) is 54.7 Å². The zero-order chi connectivity index (χ0) is 10.8. The molecule has 1 heterocycles. The van der Waals surface area contributed by atoms with Crippen LogP contribution in [0, 0.1) is 0 Å². The van der Waals surface area contributed by atoms with E-state index in [1.165, 1.54) is 5.56 Å². The number of nitrogens with one attached hydrogen (secondary N) is 1. The van der Waals surface area contributed by atoms with Crippen molar-refractivity contribution in [2.24, 2.45) is 5.73 Å². The molecule has 0 aliphatic carbocycles. The molecule has 0 fully saturated rings. The third kappa shape index (κ3) is 1.88. The highest BCUT2D eigenvalue weighted by Gasteiger charge is 2.08. The number of benzene rings is 1. The Morgan fingerprint density at radius 1 is 1.40 bits per heavy atom. The van der Waals surface area contributed by atoms with Crippen molar-refractivity contribution in [2.45, 2.75) is 26.2 Å². The Morgan fingerprint density at radius 2 is 2.20 bits per heavy atom. The second kappa shape index (κ2) is 4.03.